The van der Waals surface area contributed by atoms with Crippen molar-refractivity contribution in [3.8, 4) is 0 Å². The number of hydrogen-bond acceptors (Lipinski definition) is 12. The molecule has 1 aromatic rings. The first-order valence-electron chi connectivity index (χ1n) is 16.3. The Balaban J connectivity index is 1.83. The molecule has 0 unspecified atom stereocenters. The maximum Gasteiger partial charge on any atom is 0.297 e. The zero-order valence-corrected chi connectivity index (χ0v) is 28.1. The molecule has 0 aromatic heterocycles. The summed E-state index contributed by atoms with van der Waals surface area (Å²) in [5.74, 6) is 0. The zero-order valence-electron chi connectivity index (χ0n) is 27.3. The van der Waals surface area contributed by atoms with E-state index in [0.29, 0.717) is 99.1 Å². The van der Waals surface area contributed by atoms with Crippen molar-refractivity contribution in [2.45, 2.75) is 56.8 Å². The van der Waals surface area contributed by atoms with Crippen molar-refractivity contribution in [1.82, 2.24) is 0 Å². The zero-order chi connectivity index (χ0) is 32.5. The Morgan fingerprint density at radius 1 is 0.489 bits per heavy atom. The van der Waals surface area contributed by atoms with Crippen LogP contribution in [0.4, 0.5) is 0 Å². The van der Waals surface area contributed by atoms with Crippen LogP contribution in [-0.4, -0.2) is 132 Å². The van der Waals surface area contributed by atoms with E-state index in [2.05, 4.69) is 6.92 Å². The third-order valence-corrected chi connectivity index (χ3v) is 7.66. The molecule has 0 heterocycles. The summed E-state index contributed by atoms with van der Waals surface area (Å²) in [5.41, 5.74) is 1.14. The van der Waals surface area contributed by atoms with Crippen molar-refractivity contribution in [2.75, 3.05) is 119 Å². The van der Waals surface area contributed by atoms with Gasteiger partial charge in [0.15, 0.2) is 0 Å². The summed E-state index contributed by atoms with van der Waals surface area (Å²) in [5, 5.41) is 8.58. The van der Waals surface area contributed by atoms with E-state index in [-0.39, 0.29) is 24.7 Å². The lowest BCUT2D eigenvalue weighted by Gasteiger charge is -2.09. The Hall–Kier alpha value is -1.23. The quantitative estimate of drug-likeness (QED) is 0.0840. The van der Waals surface area contributed by atoms with Crippen molar-refractivity contribution in [3.05, 3.63) is 29.8 Å². The monoisotopic (exact) mass is 666 g/mol. The third kappa shape index (κ3) is 26.5. The van der Waals surface area contributed by atoms with Gasteiger partial charge in [0.1, 0.15) is 0 Å². The lowest BCUT2D eigenvalue weighted by molar-refractivity contribution is -0.0242. The van der Waals surface area contributed by atoms with E-state index < -0.39 is 10.1 Å². The number of rotatable bonds is 35. The van der Waals surface area contributed by atoms with E-state index in [1.54, 1.807) is 12.1 Å². The molecule has 264 valence electrons. The molecule has 0 saturated heterocycles. The highest BCUT2D eigenvalue weighted by Gasteiger charge is 2.14. The van der Waals surface area contributed by atoms with Crippen molar-refractivity contribution < 1.29 is 55.6 Å². The Kier molecular flexibility index (Phi) is 29.1. The average Bonchev–Trinajstić information content (AvgIpc) is 3.04. The van der Waals surface area contributed by atoms with Gasteiger partial charge < -0.3 is 43.0 Å². The largest absolute Gasteiger partial charge is 0.394 e. The van der Waals surface area contributed by atoms with Gasteiger partial charge in [0.2, 0.25) is 0 Å². The molecule has 0 aliphatic heterocycles. The number of benzene rings is 1. The van der Waals surface area contributed by atoms with Crippen LogP contribution in [0.25, 0.3) is 0 Å². The van der Waals surface area contributed by atoms with Gasteiger partial charge >= 0.3 is 0 Å². The molecule has 1 N–H and O–H groups in total. The average molecular weight is 667 g/mol. The molecular formula is C32H58O12S. The molecule has 0 bridgehead atoms. The van der Waals surface area contributed by atoms with E-state index in [1.807, 2.05) is 12.1 Å². The highest BCUT2D eigenvalue weighted by Crippen LogP contribution is 2.16. The number of aliphatic hydroxyl groups excluding tert-OH is 1. The van der Waals surface area contributed by atoms with Crippen LogP contribution in [0.2, 0.25) is 0 Å². The summed E-state index contributed by atoms with van der Waals surface area (Å²) in [7, 11) is -3.80. The van der Waals surface area contributed by atoms with Gasteiger partial charge in [-0.2, -0.15) is 8.42 Å². The fraction of sp³-hybridized carbons (Fsp3) is 0.812. The predicted octanol–water partition coefficient (Wildman–Crippen LogP) is 3.42. The molecule has 1 aromatic carbocycles. The summed E-state index contributed by atoms with van der Waals surface area (Å²) in [6.07, 6.45) is 8.37. The summed E-state index contributed by atoms with van der Waals surface area (Å²) in [6.45, 7) is 9.01. The molecule has 0 radical (unpaired) electrons. The number of unbranched alkanes of at least 4 members (excludes halogenated alkanes) is 5. The maximum atomic E-state index is 12.4. The molecule has 0 aliphatic carbocycles. The second kappa shape index (κ2) is 31.4. The van der Waals surface area contributed by atoms with Gasteiger partial charge in [0.05, 0.1) is 124 Å². The lowest BCUT2D eigenvalue weighted by Crippen LogP contribution is -2.15. The molecule has 45 heavy (non-hydrogen) atoms. The molecule has 0 amide bonds. The first-order chi connectivity index (χ1) is 22.1. The topological polar surface area (TPSA) is 137 Å². The van der Waals surface area contributed by atoms with Crippen LogP contribution in [0.1, 0.15) is 51.0 Å². The van der Waals surface area contributed by atoms with Gasteiger partial charge in [0.25, 0.3) is 10.1 Å². The SMILES string of the molecule is CCCCCCCCc1ccc(S(=O)(=O)OCCOCCOCCOCCOCCOCCOCCOCCOCCO)cc1. The van der Waals surface area contributed by atoms with Crippen molar-refractivity contribution in [1.29, 1.82) is 0 Å². The summed E-state index contributed by atoms with van der Waals surface area (Å²) < 4.78 is 72.8. The summed E-state index contributed by atoms with van der Waals surface area (Å²) >= 11 is 0. The van der Waals surface area contributed by atoms with Gasteiger partial charge in [0, 0.05) is 0 Å². The molecular weight excluding hydrogens is 608 g/mol. The maximum absolute atomic E-state index is 12.4. The molecule has 0 spiro atoms. The molecule has 0 saturated carbocycles. The summed E-state index contributed by atoms with van der Waals surface area (Å²) in [6, 6.07) is 6.95. The van der Waals surface area contributed by atoms with Gasteiger partial charge in [-0.3, -0.25) is 4.18 Å². The lowest BCUT2D eigenvalue weighted by atomic mass is 10.1. The van der Waals surface area contributed by atoms with Crippen LogP contribution < -0.4 is 0 Å². The molecule has 0 atom stereocenters. The van der Waals surface area contributed by atoms with E-state index >= 15 is 0 Å². The van der Waals surface area contributed by atoms with Gasteiger partial charge in [-0.05, 0) is 30.5 Å². The van der Waals surface area contributed by atoms with Gasteiger partial charge in [-0.1, -0.05) is 51.2 Å². The van der Waals surface area contributed by atoms with Crippen molar-refractivity contribution in [2.24, 2.45) is 0 Å². The van der Waals surface area contributed by atoms with Crippen LogP contribution in [0, 0.1) is 0 Å². The Morgan fingerprint density at radius 2 is 0.844 bits per heavy atom. The number of ether oxygens (including phenoxy) is 8. The van der Waals surface area contributed by atoms with Crippen LogP contribution in [-0.2, 0) is 58.6 Å². The highest BCUT2D eigenvalue weighted by molar-refractivity contribution is 7.86. The first-order valence-corrected chi connectivity index (χ1v) is 17.7. The second-order valence-corrected chi connectivity index (χ2v) is 11.7. The van der Waals surface area contributed by atoms with E-state index in [0.717, 1.165) is 18.4 Å². The predicted molar refractivity (Wildman–Crippen MR) is 170 cm³/mol. The third-order valence-electron chi connectivity index (χ3n) is 6.34. The summed E-state index contributed by atoms with van der Waals surface area (Å²) in [4.78, 5) is 0.162. The highest BCUT2D eigenvalue weighted by atomic mass is 32.2. The van der Waals surface area contributed by atoms with Crippen molar-refractivity contribution >= 4 is 10.1 Å². The molecule has 1 rings (SSSR count). The van der Waals surface area contributed by atoms with Crippen molar-refractivity contribution in [3.63, 3.8) is 0 Å². The van der Waals surface area contributed by atoms with Gasteiger partial charge in [-0.15, -0.1) is 0 Å². The van der Waals surface area contributed by atoms with E-state index in [4.69, 9.17) is 47.2 Å². The second-order valence-electron chi connectivity index (χ2n) is 10.1. The Labute approximate surface area is 271 Å². The minimum atomic E-state index is -3.80. The normalized spacial score (nSPS) is 11.9. The molecule has 0 aliphatic rings. The van der Waals surface area contributed by atoms with Crippen LogP contribution in [0.15, 0.2) is 29.2 Å². The smallest absolute Gasteiger partial charge is 0.297 e. The number of hydrogen-bond donors (Lipinski definition) is 1. The van der Waals surface area contributed by atoms with Crippen LogP contribution in [0.5, 0.6) is 0 Å². The Bertz CT molecular complexity index is 854. The minimum absolute atomic E-state index is 0.0177. The fourth-order valence-corrected chi connectivity index (χ4v) is 4.80. The van der Waals surface area contributed by atoms with Crippen LogP contribution in [0.3, 0.4) is 0 Å². The van der Waals surface area contributed by atoms with E-state index in [9.17, 15) is 8.42 Å². The number of aliphatic hydroxyl groups is 1. The minimum Gasteiger partial charge on any atom is -0.394 e. The molecule has 0 fully saturated rings. The Morgan fingerprint density at radius 3 is 1.24 bits per heavy atom. The molecule has 13 heteroatoms. The fourth-order valence-electron chi connectivity index (χ4n) is 3.91. The standard InChI is InChI=1S/C32H58O12S/c1-2-3-4-5-6-7-8-31-9-11-32(12-10-31)45(34,35)44-30-29-43-28-27-42-26-25-41-24-23-40-22-21-39-20-19-38-18-17-37-16-15-36-14-13-33/h9-12,33H,2-8,13-30H2,1H3. The van der Waals surface area contributed by atoms with Gasteiger partial charge in [-0.25, -0.2) is 0 Å². The number of aryl methyl sites for hydroxylation is 1. The first kappa shape index (κ1) is 41.8. The molecule has 12 nitrogen and oxygen atoms in total. The van der Waals surface area contributed by atoms with E-state index in [1.165, 1.54) is 32.1 Å². The van der Waals surface area contributed by atoms with Crippen LogP contribution >= 0.6 is 0 Å².